The van der Waals surface area contributed by atoms with Crippen LogP contribution < -0.4 is 9.62 Å². The SMILES string of the molecule is CCCNC(=O)C(Cc1ccccc1)N(Cc1ccc(Cl)c(Cl)c1)C(=O)CN(c1c(C)cccc1C)S(C)(=O)=O. The van der Waals surface area contributed by atoms with E-state index in [1.165, 1.54) is 4.90 Å². The average Bonchev–Trinajstić information content (AvgIpc) is 2.90. The van der Waals surface area contributed by atoms with Crippen molar-refractivity contribution in [2.45, 2.75) is 46.2 Å². The lowest BCUT2D eigenvalue weighted by Crippen LogP contribution is -2.53. The van der Waals surface area contributed by atoms with Crippen molar-refractivity contribution < 1.29 is 18.0 Å². The number of nitrogens with zero attached hydrogens (tertiary/aromatic N) is 2. The molecule has 40 heavy (non-hydrogen) atoms. The Hall–Kier alpha value is -3.07. The number of aryl methyl sites for hydroxylation is 2. The average molecular weight is 605 g/mol. The molecular weight excluding hydrogens is 569 g/mol. The van der Waals surface area contributed by atoms with Gasteiger partial charge in [-0.15, -0.1) is 0 Å². The summed E-state index contributed by atoms with van der Waals surface area (Å²) in [6.45, 7) is 5.54. The van der Waals surface area contributed by atoms with E-state index in [4.69, 9.17) is 23.2 Å². The minimum Gasteiger partial charge on any atom is -0.354 e. The molecule has 0 aliphatic heterocycles. The van der Waals surface area contributed by atoms with Gasteiger partial charge in [0.25, 0.3) is 0 Å². The van der Waals surface area contributed by atoms with Gasteiger partial charge in [-0.3, -0.25) is 13.9 Å². The summed E-state index contributed by atoms with van der Waals surface area (Å²) in [6, 6.07) is 18.9. The van der Waals surface area contributed by atoms with E-state index < -0.39 is 28.5 Å². The molecule has 0 spiro atoms. The predicted molar refractivity (Wildman–Crippen MR) is 162 cm³/mol. The molecule has 0 fully saturated rings. The summed E-state index contributed by atoms with van der Waals surface area (Å²) in [5.41, 5.74) is 3.40. The van der Waals surface area contributed by atoms with Crippen LogP contribution in [-0.4, -0.2) is 50.5 Å². The highest BCUT2D eigenvalue weighted by Crippen LogP contribution is 2.28. The Bertz CT molecular complexity index is 1430. The van der Waals surface area contributed by atoms with E-state index in [-0.39, 0.29) is 18.9 Å². The van der Waals surface area contributed by atoms with Crippen molar-refractivity contribution in [2.24, 2.45) is 0 Å². The summed E-state index contributed by atoms with van der Waals surface area (Å²) in [5.74, 6) is -0.844. The van der Waals surface area contributed by atoms with E-state index in [9.17, 15) is 18.0 Å². The largest absolute Gasteiger partial charge is 0.354 e. The van der Waals surface area contributed by atoms with E-state index in [1.807, 2.05) is 43.3 Å². The predicted octanol–water partition coefficient (Wildman–Crippen LogP) is 5.54. The quantitative estimate of drug-likeness (QED) is 0.294. The number of nitrogens with one attached hydrogen (secondary N) is 1. The van der Waals surface area contributed by atoms with Crippen LogP contribution in [0.1, 0.15) is 35.6 Å². The van der Waals surface area contributed by atoms with Crippen LogP contribution in [-0.2, 0) is 32.6 Å². The van der Waals surface area contributed by atoms with Gasteiger partial charge in [0.1, 0.15) is 12.6 Å². The third-order valence-electron chi connectivity index (χ3n) is 6.53. The molecule has 10 heteroatoms. The van der Waals surface area contributed by atoms with Gasteiger partial charge < -0.3 is 10.2 Å². The van der Waals surface area contributed by atoms with Crippen LogP contribution in [0.15, 0.2) is 66.7 Å². The number of benzene rings is 3. The number of hydrogen-bond acceptors (Lipinski definition) is 4. The molecule has 0 aromatic heterocycles. The molecule has 1 unspecified atom stereocenters. The summed E-state index contributed by atoms with van der Waals surface area (Å²) >= 11 is 12.4. The molecule has 3 aromatic carbocycles. The zero-order valence-corrected chi connectivity index (χ0v) is 25.5. The van der Waals surface area contributed by atoms with Gasteiger partial charge in [-0.1, -0.05) is 84.7 Å². The van der Waals surface area contributed by atoms with E-state index in [2.05, 4.69) is 5.32 Å². The van der Waals surface area contributed by atoms with Gasteiger partial charge in [-0.25, -0.2) is 8.42 Å². The number of sulfonamides is 1. The molecule has 0 saturated carbocycles. The topological polar surface area (TPSA) is 86.8 Å². The van der Waals surface area contributed by atoms with Crippen molar-refractivity contribution >= 4 is 50.7 Å². The van der Waals surface area contributed by atoms with Gasteiger partial charge in [0.2, 0.25) is 21.8 Å². The Labute approximate surface area is 247 Å². The molecule has 1 N–H and O–H groups in total. The molecule has 0 bridgehead atoms. The number of para-hydroxylation sites is 1. The third-order valence-corrected chi connectivity index (χ3v) is 8.38. The fourth-order valence-electron chi connectivity index (χ4n) is 4.53. The fraction of sp³-hybridized carbons (Fsp3) is 0.333. The normalized spacial score (nSPS) is 12.1. The summed E-state index contributed by atoms with van der Waals surface area (Å²) in [6.07, 6.45) is 2.04. The number of hydrogen-bond donors (Lipinski definition) is 1. The Morgan fingerprint density at radius 2 is 1.55 bits per heavy atom. The summed E-state index contributed by atoms with van der Waals surface area (Å²) in [5, 5.41) is 3.59. The zero-order valence-electron chi connectivity index (χ0n) is 23.2. The first-order valence-electron chi connectivity index (χ1n) is 13.0. The molecule has 3 rings (SSSR count). The summed E-state index contributed by atoms with van der Waals surface area (Å²) < 4.78 is 27.1. The van der Waals surface area contributed by atoms with Gasteiger partial charge in [0.05, 0.1) is 22.0 Å². The number of halogens is 2. The van der Waals surface area contributed by atoms with Crippen molar-refractivity contribution in [3.63, 3.8) is 0 Å². The molecule has 0 aliphatic rings. The van der Waals surface area contributed by atoms with Gasteiger partial charge in [-0.2, -0.15) is 0 Å². The molecule has 0 saturated heterocycles. The first-order chi connectivity index (χ1) is 18.9. The minimum absolute atomic E-state index is 0.0249. The van der Waals surface area contributed by atoms with E-state index in [0.717, 1.165) is 33.7 Å². The smallest absolute Gasteiger partial charge is 0.244 e. The summed E-state index contributed by atoms with van der Waals surface area (Å²) in [4.78, 5) is 29.1. The molecule has 1 atom stereocenters. The van der Waals surface area contributed by atoms with Crippen molar-refractivity contribution in [3.05, 3.63) is 99.0 Å². The highest BCUT2D eigenvalue weighted by molar-refractivity contribution is 7.92. The third kappa shape index (κ3) is 8.22. The number of amides is 2. The number of carbonyl (C=O) groups is 2. The maximum Gasteiger partial charge on any atom is 0.244 e. The van der Waals surface area contributed by atoms with Crippen LogP contribution in [0.3, 0.4) is 0 Å². The molecule has 0 aliphatic carbocycles. The van der Waals surface area contributed by atoms with Crippen LogP contribution in [0.25, 0.3) is 0 Å². The van der Waals surface area contributed by atoms with E-state index in [1.54, 1.807) is 44.2 Å². The van der Waals surface area contributed by atoms with Crippen LogP contribution >= 0.6 is 23.2 Å². The lowest BCUT2D eigenvalue weighted by Gasteiger charge is -2.34. The lowest BCUT2D eigenvalue weighted by atomic mass is 10.0. The fourth-order valence-corrected chi connectivity index (χ4v) is 5.81. The Kier molecular flexibility index (Phi) is 11.0. The van der Waals surface area contributed by atoms with E-state index >= 15 is 0 Å². The molecule has 0 heterocycles. The van der Waals surface area contributed by atoms with Crippen LogP contribution in [0.5, 0.6) is 0 Å². The van der Waals surface area contributed by atoms with Crippen molar-refractivity contribution in [2.75, 3.05) is 23.7 Å². The highest BCUT2D eigenvalue weighted by atomic mass is 35.5. The Morgan fingerprint density at radius 1 is 0.900 bits per heavy atom. The second kappa shape index (κ2) is 14.0. The molecule has 7 nitrogen and oxygen atoms in total. The zero-order chi connectivity index (χ0) is 29.4. The van der Waals surface area contributed by atoms with Gasteiger partial charge >= 0.3 is 0 Å². The minimum atomic E-state index is -3.85. The lowest BCUT2D eigenvalue weighted by molar-refractivity contribution is -0.140. The van der Waals surface area contributed by atoms with Crippen molar-refractivity contribution in [1.82, 2.24) is 10.2 Å². The number of rotatable bonds is 12. The molecule has 3 aromatic rings. The van der Waals surface area contributed by atoms with Crippen LogP contribution in [0.2, 0.25) is 10.0 Å². The highest BCUT2D eigenvalue weighted by Gasteiger charge is 2.33. The molecule has 214 valence electrons. The Morgan fingerprint density at radius 3 is 2.12 bits per heavy atom. The second-order valence-corrected chi connectivity index (χ2v) is 12.5. The monoisotopic (exact) mass is 603 g/mol. The number of carbonyl (C=O) groups excluding carboxylic acids is 2. The van der Waals surface area contributed by atoms with Crippen LogP contribution in [0.4, 0.5) is 5.69 Å². The van der Waals surface area contributed by atoms with Crippen molar-refractivity contribution in [1.29, 1.82) is 0 Å². The van der Waals surface area contributed by atoms with E-state index in [0.29, 0.717) is 27.8 Å². The molecule has 2 amide bonds. The van der Waals surface area contributed by atoms with Crippen molar-refractivity contribution in [3.8, 4) is 0 Å². The molecular formula is C30H35Cl2N3O4S. The molecule has 0 radical (unpaired) electrons. The van der Waals surface area contributed by atoms with Gasteiger partial charge in [-0.05, 0) is 54.7 Å². The van der Waals surface area contributed by atoms with Gasteiger partial charge in [0, 0.05) is 19.5 Å². The second-order valence-electron chi connectivity index (χ2n) is 9.78. The first kappa shape index (κ1) is 31.5. The van der Waals surface area contributed by atoms with Crippen LogP contribution in [0, 0.1) is 13.8 Å². The maximum absolute atomic E-state index is 14.1. The number of anilines is 1. The Balaban J connectivity index is 2.10. The van der Waals surface area contributed by atoms with Gasteiger partial charge in [0.15, 0.2) is 0 Å². The standard InChI is InChI=1S/C30H35Cl2N3O4S/c1-5-16-33-30(37)27(18-23-12-7-6-8-13-23)34(19-24-14-15-25(31)26(32)17-24)28(36)20-35(40(4,38)39)29-21(2)10-9-11-22(29)3/h6-15,17,27H,5,16,18-20H2,1-4H3,(H,33,37). The first-order valence-corrected chi connectivity index (χ1v) is 15.6. The maximum atomic E-state index is 14.1. The summed E-state index contributed by atoms with van der Waals surface area (Å²) in [7, 11) is -3.85.